The van der Waals surface area contributed by atoms with Gasteiger partial charge in [-0.05, 0) is 31.0 Å². The molecule has 2 fully saturated rings. The molecule has 0 bridgehead atoms. The SMILES string of the molecule is CNC(=O)c1nnc(NC(=O)C2CC2)cc1Nc1cccc(-c2cnn(C3CN(Cc4cccc5nncn45)C3)c2)c1OC. The van der Waals surface area contributed by atoms with Crippen molar-refractivity contribution in [2.75, 3.05) is 37.9 Å². The molecular formula is C30H31N11O3. The van der Waals surface area contributed by atoms with Crippen molar-refractivity contribution in [2.24, 2.45) is 5.92 Å². The normalized spacial score (nSPS) is 15.1. The Kier molecular flexibility index (Phi) is 7.10. The van der Waals surface area contributed by atoms with Gasteiger partial charge in [-0.1, -0.05) is 18.2 Å². The van der Waals surface area contributed by atoms with Gasteiger partial charge >= 0.3 is 0 Å². The van der Waals surface area contributed by atoms with Gasteiger partial charge in [0.05, 0.1) is 30.7 Å². The molecule has 2 amide bonds. The number of likely N-dealkylation sites (tertiary alicyclic amines) is 1. The van der Waals surface area contributed by atoms with Crippen LogP contribution in [-0.2, 0) is 11.3 Å². The molecule has 4 aromatic heterocycles. The van der Waals surface area contributed by atoms with E-state index >= 15 is 0 Å². The molecule has 0 atom stereocenters. The maximum absolute atomic E-state index is 12.6. The molecule has 1 aromatic carbocycles. The number of rotatable bonds is 10. The number of benzene rings is 1. The summed E-state index contributed by atoms with van der Waals surface area (Å²) in [6.07, 6.45) is 7.33. The number of para-hydroxylation sites is 1. The molecule has 3 N–H and O–H groups in total. The largest absolute Gasteiger partial charge is 0.494 e. The van der Waals surface area contributed by atoms with Crippen LogP contribution in [0.15, 0.2) is 61.2 Å². The smallest absolute Gasteiger partial charge is 0.273 e. The molecule has 5 heterocycles. The van der Waals surface area contributed by atoms with E-state index in [0.717, 1.165) is 54.9 Å². The summed E-state index contributed by atoms with van der Waals surface area (Å²) in [7, 11) is 3.12. The minimum absolute atomic E-state index is 0.00215. The molecule has 14 nitrogen and oxygen atoms in total. The van der Waals surface area contributed by atoms with Crippen molar-refractivity contribution < 1.29 is 14.3 Å². The van der Waals surface area contributed by atoms with Crippen LogP contribution in [0.25, 0.3) is 16.8 Å². The molecule has 14 heteroatoms. The average molecular weight is 594 g/mol. The van der Waals surface area contributed by atoms with E-state index in [0.29, 0.717) is 17.1 Å². The predicted octanol–water partition coefficient (Wildman–Crippen LogP) is 2.90. The number of pyridine rings is 1. The highest BCUT2D eigenvalue weighted by Gasteiger charge is 2.31. The summed E-state index contributed by atoms with van der Waals surface area (Å²) >= 11 is 0. The number of aromatic nitrogens is 7. The minimum Gasteiger partial charge on any atom is -0.494 e. The fourth-order valence-electron chi connectivity index (χ4n) is 5.41. The second kappa shape index (κ2) is 11.4. The number of carbonyl (C=O) groups is 2. The summed E-state index contributed by atoms with van der Waals surface area (Å²) in [5, 5.41) is 29.6. The molecule has 0 spiro atoms. The summed E-state index contributed by atoms with van der Waals surface area (Å²) in [6.45, 7) is 2.54. The number of fused-ring (bicyclic) bond motifs is 1. The molecule has 0 unspecified atom stereocenters. The number of hydrogen-bond donors (Lipinski definition) is 3. The van der Waals surface area contributed by atoms with Crippen LogP contribution in [0.3, 0.4) is 0 Å². The number of ether oxygens (including phenoxy) is 1. The summed E-state index contributed by atoms with van der Waals surface area (Å²) in [6, 6.07) is 13.6. The van der Waals surface area contributed by atoms with Gasteiger partial charge in [-0.2, -0.15) is 5.10 Å². The van der Waals surface area contributed by atoms with Crippen molar-refractivity contribution in [1.82, 2.24) is 44.8 Å². The van der Waals surface area contributed by atoms with E-state index < -0.39 is 5.91 Å². The third-order valence-corrected chi connectivity index (χ3v) is 7.95. The number of nitrogens with zero attached hydrogens (tertiary/aromatic N) is 8. The Labute approximate surface area is 252 Å². The van der Waals surface area contributed by atoms with E-state index in [2.05, 4.69) is 52.4 Å². The van der Waals surface area contributed by atoms with Crippen molar-refractivity contribution in [2.45, 2.75) is 25.4 Å². The zero-order chi connectivity index (χ0) is 30.2. The maximum Gasteiger partial charge on any atom is 0.273 e. The first-order valence-corrected chi connectivity index (χ1v) is 14.4. The van der Waals surface area contributed by atoms with Gasteiger partial charge in [0.15, 0.2) is 17.2 Å². The molecule has 44 heavy (non-hydrogen) atoms. The Morgan fingerprint density at radius 3 is 2.68 bits per heavy atom. The van der Waals surface area contributed by atoms with Crippen LogP contribution in [-0.4, -0.2) is 78.5 Å². The molecule has 2 aliphatic rings. The van der Waals surface area contributed by atoms with Crippen LogP contribution in [0.2, 0.25) is 0 Å². The van der Waals surface area contributed by atoms with Crippen LogP contribution in [0.4, 0.5) is 17.2 Å². The molecule has 0 radical (unpaired) electrons. The van der Waals surface area contributed by atoms with Crippen LogP contribution < -0.4 is 20.7 Å². The fourth-order valence-corrected chi connectivity index (χ4v) is 5.41. The number of amides is 2. The Morgan fingerprint density at radius 1 is 1.05 bits per heavy atom. The zero-order valence-corrected chi connectivity index (χ0v) is 24.3. The van der Waals surface area contributed by atoms with Crippen molar-refractivity contribution in [1.29, 1.82) is 0 Å². The third kappa shape index (κ3) is 5.30. The minimum atomic E-state index is -0.413. The van der Waals surface area contributed by atoms with Crippen LogP contribution in [0.1, 0.15) is 35.1 Å². The van der Waals surface area contributed by atoms with Gasteiger partial charge in [0.2, 0.25) is 5.91 Å². The Morgan fingerprint density at radius 2 is 1.89 bits per heavy atom. The highest BCUT2D eigenvalue weighted by atomic mass is 16.5. The first-order valence-electron chi connectivity index (χ1n) is 14.4. The zero-order valence-electron chi connectivity index (χ0n) is 24.3. The van der Waals surface area contributed by atoms with E-state index in [9.17, 15) is 9.59 Å². The maximum atomic E-state index is 12.6. The van der Waals surface area contributed by atoms with Gasteiger partial charge in [-0.3, -0.25) is 23.6 Å². The topological polar surface area (TPSA) is 156 Å². The number of methoxy groups -OCH3 is 1. The molecule has 1 saturated carbocycles. The second-order valence-corrected chi connectivity index (χ2v) is 11.0. The lowest BCUT2D eigenvalue weighted by atomic mass is 10.1. The van der Waals surface area contributed by atoms with Crippen molar-refractivity contribution in [3.05, 3.63) is 72.6 Å². The number of anilines is 3. The lowest BCUT2D eigenvalue weighted by Gasteiger charge is -2.39. The fraction of sp³-hybridized carbons (Fsp3) is 0.300. The summed E-state index contributed by atoms with van der Waals surface area (Å²) in [4.78, 5) is 27.3. The van der Waals surface area contributed by atoms with E-state index in [4.69, 9.17) is 4.74 Å². The van der Waals surface area contributed by atoms with Gasteiger partial charge in [0.25, 0.3) is 5.91 Å². The highest BCUT2D eigenvalue weighted by Crippen LogP contribution is 2.39. The number of hydrogen-bond acceptors (Lipinski definition) is 10. The Bertz CT molecular complexity index is 1860. The van der Waals surface area contributed by atoms with E-state index in [1.165, 1.54) is 7.05 Å². The van der Waals surface area contributed by atoms with Crippen molar-refractivity contribution in [3.63, 3.8) is 0 Å². The average Bonchev–Trinajstić information content (AvgIpc) is 3.56. The Balaban J connectivity index is 1.09. The van der Waals surface area contributed by atoms with Crippen molar-refractivity contribution >= 4 is 34.7 Å². The Hall–Kier alpha value is -5.37. The number of carbonyl (C=O) groups excluding carboxylic acids is 2. The first kappa shape index (κ1) is 27.5. The summed E-state index contributed by atoms with van der Waals surface area (Å²) < 4.78 is 9.87. The van der Waals surface area contributed by atoms with Crippen LogP contribution in [0, 0.1) is 5.92 Å². The monoisotopic (exact) mass is 593 g/mol. The molecule has 1 saturated heterocycles. The second-order valence-electron chi connectivity index (χ2n) is 11.0. The lowest BCUT2D eigenvalue weighted by molar-refractivity contribution is -0.117. The van der Waals surface area contributed by atoms with E-state index in [1.54, 1.807) is 19.5 Å². The lowest BCUT2D eigenvalue weighted by Crippen LogP contribution is -2.47. The van der Waals surface area contributed by atoms with Gasteiger partial charge < -0.3 is 20.7 Å². The first-order chi connectivity index (χ1) is 21.5. The predicted molar refractivity (Wildman–Crippen MR) is 162 cm³/mol. The summed E-state index contributed by atoms with van der Waals surface area (Å²) in [5.74, 6) is 0.331. The van der Waals surface area contributed by atoms with E-state index in [1.807, 2.05) is 51.8 Å². The molecule has 224 valence electrons. The molecule has 1 aliphatic heterocycles. The third-order valence-electron chi connectivity index (χ3n) is 7.95. The number of nitrogens with one attached hydrogen (secondary N) is 3. The standard InChI is InChI=1S/C30H31N11O3/c1-31-30(43)27-24(11-25(36-38-27)35-29(42)18-9-10-18)34-23-7-4-6-22(28(23)44-2)19-12-33-41(13-19)21-15-39(16-21)14-20-5-3-8-26-37-32-17-40(20)26/h3-8,11-13,17-18,21H,9-10,14-16H2,1-2H3,(H,31,43)(H2,34,35,36,42). The molecular weight excluding hydrogens is 562 g/mol. The van der Waals surface area contributed by atoms with Gasteiger partial charge in [0, 0.05) is 61.7 Å². The van der Waals surface area contributed by atoms with Gasteiger partial charge in [-0.25, -0.2) is 0 Å². The quantitative estimate of drug-likeness (QED) is 0.220. The van der Waals surface area contributed by atoms with Crippen LogP contribution in [0.5, 0.6) is 5.75 Å². The van der Waals surface area contributed by atoms with Gasteiger partial charge in [0.1, 0.15) is 12.1 Å². The van der Waals surface area contributed by atoms with Crippen molar-refractivity contribution in [3.8, 4) is 16.9 Å². The molecule has 7 rings (SSSR count). The van der Waals surface area contributed by atoms with E-state index in [-0.39, 0.29) is 29.4 Å². The molecule has 5 aromatic rings. The highest BCUT2D eigenvalue weighted by molar-refractivity contribution is 6.00. The van der Waals surface area contributed by atoms with Gasteiger partial charge in [-0.15, -0.1) is 20.4 Å². The molecule has 1 aliphatic carbocycles. The van der Waals surface area contributed by atoms with Crippen LogP contribution >= 0.6 is 0 Å². The summed E-state index contributed by atoms with van der Waals surface area (Å²) in [5.41, 5.74) is 4.81.